The van der Waals surface area contributed by atoms with E-state index in [2.05, 4.69) is 15.6 Å². The Morgan fingerprint density at radius 3 is 2.56 bits per heavy atom. The lowest BCUT2D eigenvalue weighted by molar-refractivity contribution is -0.138. The fourth-order valence-electron chi connectivity index (χ4n) is 2.79. The van der Waals surface area contributed by atoms with Crippen molar-refractivity contribution in [2.24, 2.45) is 0 Å². The summed E-state index contributed by atoms with van der Waals surface area (Å²) >= 11 is 0. The van der Waals surface area contributed by atoms with E-state index in [4.69, 9.17) is 4.74 Å². The van der Waals surface area contributed by atoms with Crippen molar-refractivity contribution in [3.63, 3.8) is 0 Å². The van der Waals surface area contributed by atoms with Gasteiger partial charge in [0.2, 0.25) is 11.8 Å². The first-order chi connectivity index (χ1) is 11.9. The number of hydrogen-bond donors (Lipinski definition) is 2. The van der Waals surface area contributed by atoms with Crippen LogP contribution in [0.25, 0.3) is 0 Å². The molecule has 1 saturated heterocycles. The maximum Gasteiger partial charge on any atom is 0.315 e. The van der Waals surface area contributed by atoms with Crippen LogP contribution >= 0.6 is 0 Å². The van der Waals surface area contributed by atoms with E-state index in [0.29, 0.717) is 32.4 Å². The largest absolute Gasteiger partial charge is 0.496 e. The number of nitrogens with one attached hydrogen (secondary N) is 2. The van der Waals surface area contributed by atoms with Gasteiger partial charge in [-0.25, -0.2) is 4.79 Å². The van der Waals surface area contributed by atoms with Gasteiger partial charge in [0.1, 0.15) is 5.75 Å². The molecule has 1 fully saturated rings. The third-order valence-electron chi connectivity index (χ3n) is 4.17. The molecule has 136 valence electrons. The molecule has 0 atom stereocenters. The van der Waals surface area contributed by atoms with Crippen LogP contribution in [0.2, 0.25) is 0 Å². The van der Waals surface area contributed by atoms with Crippen LogP contribution in [0.5, 0.6) is 5.75 Å². The van der Waals surface area contributed by atoms with Crippen molar-refractivity contribution in [3.05, 3.63) is 23.0 Å². The van der Waals surface area contributed by atoms with Gasteiger partial charge in [0, 0.05) is 43.3 Å². The average molecular weight is 348 g/mol. The lowest BCUT2D eigenvalue weighted by Gasteiger charge is -2.14. The Morgan fingerprint density at radius 2 is 1.92 bits per heavy atom. The standard InChI is InChI=1S/C17H24N4O4/c1-11-9-19-13(12(2)16(11)25-3)10-20-17(24)18-7-4-8-21-14(22)5-6-15(21)23/h9H,4-8,10H2,1-3H3,(H2,18,20,24). The van der Waals surface area contributed by atoms with Crippen molar-refractivity contribution in [2.45, 2.75) is 39.7 Å². The zero-order valence-electron chi connectivity index (χ0n) is 14.8. The van der Waals surface area contributed by atoms with E-state index in [-0.39, 0.29) is 24.4 Å². The fourth-order valence-corrected chi connectivity index (χ4v) is 2.79. The molecule has 25 heavy (non-hydrogen) atoms. The highest BCUT2D eigenvalue weighted by Gasteiger charge is 2.27. The number of imide groups is 1. The van der Waals surface area contributed by atoms with Gasteiger partial charge in [-0.1, -0.05) is 0 Å². The molecular weight excluding hydrogens is 324 g/mol. The van der Waals surface area contributed by atoms with Gasteiger partial charge in [-0.05, 0) is 20.3 Å². The molecule has 0 radical (unpaired) electrons. The van der Waals surface area contributed by atoms with Gasteiger partial charge >= 0.3 is 6.03 Å². The zero-order valence-corrected chi connectivity index (χ0v) is 14.8. The molecule has 1 aliphatic rings. The summed E-state index contributed by atoms with van der Waals surface area (Å²) in [6.07, 6.45) is 2.82. The van der Waals surface area contributed by atoms with E-state index in [1.165, 1.54) is 4.90 Å². The second kappa shape index (κ2) is 8.46. The molecule has 8 nitrogen and oxygen atoms in total. The number of pyridine rings is 1. The Labute approximate surface area is 146 Å². The van der Waals surface area contributed by atoms with Gasteiger partial charge in [-0.2, -0.15) is 0 Å². The van der Waals surface area contributed by atoms with Crippen molar-refractivity contribution >= 4 is 17.8 Å². The van der Waals surface area contributed by atoms with Crippen LogP contribution in [-0.2, 0) is 16.1 Å². The number of hydrogen-bond acceptors (Lipinski definition) is 5. The number of aryl methyl sites for hydroxylation is 1. The van der Waals surface area contributed by atoms with E-state index in [0.717, 1.165) is 22.6 Å². The van der Waals surface area contributed by atoms with Gasteiger partial charge in [0.25, 0.3) is 0 Å². The minimum atomic E-state index is -0.320. The minimum absolute atomic E-state index is 0.135. The van der Waals surface area contributed by atoms with E-state index in [9.17, 15) is 14.4 Å². The first-order valence-electron chi connectivity index (χ1n) is 8.28. The summed E-state index contributed by atoms with van der Waals surface area (Å²) in [7, 11) is 1.61. The average Bonchev–Trinajstić information content (AvgIpc) is 2.90. The van der Waals surface area contributed by atoms with Crippen LogP contribution in [0.3, 0.4) is 0 Å². The summed E-state index contributed by atoms with van der Waals surface area (Å²) in [4.78, 5) is 40.4. The molecule has 8 heteroatoms. The van der Waals surface area contributed by atoms with Crippen LogP contribution < -0.4 is 15.4 Å². The second-order valence-corrected chi connectivity index (χ2v) is 5.95. The summed E-state index contributed by atoms with van der Waals surface area (Å²) in [5, 5.41) is 5.45. The molecule has 0 unspecified atom stereocenters. The van der Waals surface area contributed by atoms with Crippen LogP contribution in [0.15, 0.2) is 6.20 Å². The van der Waals surface area contributed by atoms with Crippen molar-refractivity contribution in [2.75, 3.05) is 20.2 Å². The van der Waals surface area contributed by atoms with Crippen LogP contribution in [-0.4, -0.2) is 47.9 Å². The molecule has 1 aliphatic heterocycles. The van der Waals surface area contributed by atoms with E-state index in [1.807, 2.05) is 13.8 Å². The number of carbonyl (C=O) groups is 3. The number of amides is 4. The fraction of sp³-hybridized carbons (Fsp3) is 0.529. The number of rotatable bonds is 7. The molecule has 0 saturated carbocycles. The summed E-state index contributed by atoms with van der Waals surface area (Å²) < 4.78 is 5.34. The molecule has 0 spiro atoms. The summed E-state index contributed by atoms with van der Waals surface area (Å²) in [6, 6.07) is -0.320. The van der Waals surface area contributed by atoms with Gasteiger partial charge in [0.15, 0.2) is 0 Å². The molecule has 2 rings (SSSR count). The number of carbonyl (C=O) groups excluding carboxylic acids is 3. The molecule has 1 aromatic rings. The normalized spacial score (nSPS) is 14.0. The number of aromatic nitrogens is 1. The highest BCUT2D eigenvalue weighted by atomic mass is 16.5. The number of ether oxygens (including phenoxy) is 1. The van der Waals surface area contributed by atoms with E-state index >= 15 is 0 Å². The summed E-state index contributed by atoms with van der Waals surface area (Å²) in [6.45, 7) is 4.83. The monoisotopic (exact) mass is 348 g/mol. The Kier molecular flexibility index (Phi) is 6.32. The van der Waals surface area contributed by atoms with E-state index < -0.39 is 0 Å². The lowest BCUT2D eigenvalue weighted by Crippen LogP contribution is -2.38. The molecular formula is C17H24N4O4. The maximum atomic E-state index is 11.8. The molecule has 0 aliphatic carbocycles. The minimum Gasteiger partial charge on any atom is -0.496 e. The van der Waals surface area contributed by atoms with Crippen LogP contribution in [0.4, 0.5) is 4.79 Å². The van der Waals surface area contributed by atoms with Gasteiger partial charge in [-0.3, -0.25) is 19.5 Å². The predicted molar refractivity (Wildman–Crippen MR) is 91.1 cm³/mol. The van der Waals surface area contributed by atoms with Crippen molar-refractivity contribution in [3.8, 4) is 5.75 Å². The molecule has 1 aromatic heterocycles. The Balaban J connectivity index is 1.72. The SMILES string of the molecule is COc1c(C)cnc(CNC(=O)NCCCN2C(=O)CCC2=O)c1C. The third-order valence-corrected chi connectivity index (χ3v) is 4.17. The number of urea groups is 1. The first kappa shape index (κ1) is 18.7. The quantitative estimate of drug-likeness (QED) is 0.566. The molecule has 2 N–H and O–H groups in total. The summed E-state index contributed by atoms with van der Waals surface area (Å²) in [5.41, 5.74) is 2.58. The smallest absolute Gasteiger partial charge is 0.315 e. The number of likely N-dealkylation sites (tertiary alicyclic amines) is 1. The van der Waals surface area contributed by atoms with Crippen LogP contribution in [0, 0.1) is 13.8 Å². The topological polar surface area (TPSA) is 101 Å². The first-order valence-corrected chi connectivity index (χ1v) is 8.28. The predicted octanol–water partition coefficient (Wildman–Crippen LogP) is 1.05. The molecule has 2 heterocycles. The highest BCUT2D eigenvalue weighted by Crippen LogP contribution is 2.23. The Morgan fingerprint density at radius 1 is 1.24 bits per heavy atom. The Hall–Kier alpha value is -2.64. The second-order valence-electron chi connectivity index (χ2n) is 5.95. The zero-order chi connectivity index (χ0) is 18.4. The van der Waals surface area contributed by atoms with Crippen molar-refractivity contribution in [1.29, 1.82) is 0 Å². The molecule has 4 amide bonds. The Bertz CT molecular complexity index is 659. The maximum absolute atomic E-state index is 11.8. The van der Waals surface area contributed by atoms with Gasteiger partial charge < -0.3 is 15.4 Å². The highest BCUT2D eigenvalue weighted by molar-refractivity contribution is 6.01. The van der Waals surface area contributed by atoms with E-state index in [1.54, 1.807) is 13.3 Å². The van der Waals surface area contributed by atoms with Crippen molar-refractivity contribution in [1.82, 2.24) is 20.5 Å². The van der Waals surface area contributed by atoms with Gasteiger partial charge in [0.05, 0.1) is 19.3 Å². The van der Waals surface area contributed by atoms with Gasteiger partial charge in [-0.15, -0.1) is 0 Å². The third kappa shape index (κ3) is 4.68. The van der Waals surface area contributed by atoms with Crippen LogP contribution in [0.1, 0.15) is 36.1 Å². The number of nitrogens with zero attached hydrogens (tertiary/aromatic N) is 2. The molecule has 0 bridgehead atoms. The number of methoxy groups -OCH3 is 1. The molecule has 0 aromatic carbocycles. The summed E-state index contributed by atoms with van der Waals surface area (Å²) in [5.74, 6) is 0.501. The van der Waals surface area contributed by atoms with Crippen molar-refractivity contribution < 1.29 is 19.1 Å². The lowest BCUT2D eigenvalue weighted by atomic mass is 10.1.